The van der Waals surface area contributed by atoms with Crippen molar-refractivity contribution >= 4 is 23.2 Å². The minimum atomic E-state index is 0.0303. The first-order chi connectivity index (χ1) is 12.6. The van der Waals surface area contributed by atoms with Crippen LogP contribution in [0.3, 0.4) is 0 Å². The third-order valence-electron chi connectivity index (χ3n) is 4.92. The molecule has 4 nitrogen and oxygen atoms in total. The molecule has 0 aromatic heterocycles. The van der Waals surface area contributed by atoms with Gasteiger partial charge in [-0.15, -0.1) is 0 Å². The summed E-state index contributed by atoms with van der Waals surface area (Å²) in [6.07, 6.45) is 1.70. The van der Waals surface area contributed by atoms with Crippen molar-refractivity contribution in [3.05, 3.63) is 58.6 Å². The lowest BCUT2D eigenvalue weighted by Gasteiger charge is -2.31. The molecule has 0 radical (unpaired) electrons. The summed E-state index contributed by atoms with van der Waals surface area (Å²) in [5, 5.41) is 3.85. The van der Waals surface area contributed by atoms with E-state index >= 15 is 0 Å². The predicted octanol–water partition coefficient (Wildman–Crippen LogP) is 4.51. The van der Waals surface area contributed by atoms with Crippen LogP contribution in [0.25, 0.3) is 0 Å². The van der Waals surface area contributed by atoms with Gasteiger partial charge in [-0.2, -0.15) is 0 Å². The Morgan fingerprint density at radius 1 is 1.23 bits per heavy atom. The lowest BCUT2D eigenvalue weighted by atomic mass is 9.95. The Morgan fingerprint density at radius 2 is 1.96 bits per heavy atom. The summed E-state index contributed by atoms with van der Waals surface area (Å²) < 4.78 is 5.35. The highest BCUT2D eigenvalue weighted by Crippen LogP contribution is 2.28. The van der Waals surface area contributed by atoms with E-state index in [0.717, 1.165) is 54.3 Å². The zero-order valence-corrected chi connectivity index (χ0v) is 16.1. The number of anilines is 1. The first-order valence-corrected chi connectivity index (χ1v) is 9.36. The van der Waals surface area contributed by atoms with Crippen molar-refractivity contribution in [3.63, 3.8) is 0 Å². The molecule has 138 valence electrons. The number of benzene rings is 2. The Balaban J connectivity index is 1.55. The van der Waals surface area contributed by atoms with Crippen molar-refractivity contribution in [3.8, 4) is 5.75 Å². The van der Waals surface area contributed by atoms with Crippen LogP contribution in [-0.4, -0.2) is 31.0 Å². The molecule has 0 spiro atoms. The Morgan fingerprint density at radius 3 is 2.65 bits per heavy atom. The molecule has 2 aromatic rings. The smallest absolute Gasteiger partial charge is 0.227 e. The number of nitrogens with one attached hydrogen (secondary N) is 1. The highest BCUT2D eigenvalue weighted by atomic mass is 35.5. The SMILES string of the molecule is COc1ccc(C)cc1NC(=O)C1CCN(Cc2ccccc2Cl)CC1. The molecular formula is C21H25ClN2O2. The number of piperidine rings is 1. The third kappa shape index (κ3) is 4.57. The maximum absolute atomic E-state index is 12.7. The Labute approximate surface area is 160 Å². The number of halogens is 1. The number of likely N-dealkylation sites (tertiary alicyclic amines) is 1. The van der Waals surface area contributed by atoms with Gasteiger partial charge in [-0.3, -0.25) is 9.69 Å². The van der Waals surface area contributed by atoms with E-state index < -0.39 is 0 Å². The highest BCUT2D eigenvalue weighted by molar-refractivity contribution is 6.31. The van der Waals surface area contributed by atoms with E-state index in [4.69, 9.17) is 16.3 Å². The summed E-state index contributed by atoms with van der Waals surface area (Å²) in [6, 6.07) is 13.7. The van der Waals surface area contributed by atoms with Gasteiger partial charge in [0.1, 0.15) is 5.75 Å². The fourth-order valence-electron chi connectivity index (χ4n) is 3.38. The summed E-state index contributed by atoms with van der Waals surface area (Å²) in [6.45, 7) is 4.63. The summed E-state index contributed by atoms with van der Waals surface area (Å²) in [7, 11) is 1.62. The molecule has 0 atom stereocenters. The minimum Gasteiger partial charge on any atom is -0.495 e. The van der Waals surface area contributed by atoms with Gasteiger partial charge in [0.25, 0.3) is 0 Å². The van der Waals surface area contributed by atoms with Crippen molar-refractivity contribution in [1.29, 1.82) is 0 Å². The van der Waals surface area contributed by atoms with Gasteiger partial charge in [-0.1, -0.05) is 35.9 Å². The van der Waals surface area contributed by atoms with Crippen molar-refractivity contribution < 1.29 is 9.53 Å². The van der Waals surface area contributed by atoms with E-state index in [0.29, 0.717) is 5.75 Å². The molecule has 26 heavy (non-hydrogen) atoms. The highest BCUT2D eigenvalue weighted by Gasteiger charge is 2.25. The average Bonchev–Trinajstić information content (AvgIpc) is 2.64. The van der Waals surface area contributed by atoms with Gasteiger partial charge in [0.15, 0.2) is 0 Å². The normalized spacial score (nSPS) is 15.7. The Bertz CT molecular complexity index is 770. The van der Waals surface area contributed by atoms with Crippen molar-refractivity contribution in [2.75, 3.05) is 25.5 Å². The Kier molecular flexibility index (Phi) is 6.17. The van der Waals surface area contributed by atoms with E-state index in [-0.39, 0.29) is 11.8 Å². The fourth-order valence-corrected chi connectivity index (χ4v) is 3.57. The van der Waals surface area contributed by atoms with Crippen molar-refractivity contribution in [2.24, 2.45) is 5.92 Å². The molecule has 1 aliphatic heterocycles. The molecule has 1 saturated heterocycles. The van der Waals surface area contributed by atoms with Crippen LogP contribution in [0.2, 0.25) is 5.02 Å². The second kappa shape index (κ2) is 8.56. The molecule has 0 unspecified atom stereocenters. The largest absolute Gasteiger partial charge is 0.495 e. The summed E-state index contributed by atoms with van der Waals surface area (Å²) in [5.41, 5.74) is 2.98. The van der Waals surface area contributed by atoms with Crippen LogP contribution in [0.4, 0.5) is 5.69 Å². The van der Waals surface area contributed by atoms with Gasteiger partial charge in [-0.05, 0) is 62.2 Å². The second-order valence-corrected chi connectivity index (χ2v) is 7.24. The zero-order valence-electron chi connectivity index (χ0n) is 15.3. The predicted molar refractivity (Wildman–Crippen MR) is 106 cm³/mol. The standard InChI is InChI=1S/C21H25ClN2O2/c1-15-7-8-20(26-2)19(13-15)23-21(25)16-9-11-24(12-10-16)14-17-5-3-4-6-18(17)22/h3-8,13,16H,9-12,14H2,1-2H3,(H,23,25). The van der Waals surface area contributed by atoms with Crippen molar-refractivity contribution in [2.45, 2.75) is 26.3 Å². The third-order valence-corrected chi connectivity index (χ3v) is 5.29. The van der Waals surface area contributed by atoms with E-state index in [1.165, 1.54) is 0 Å². The monoisotopic (exact) mass is 372 g/mol. The molecule has 5 heteroatoms. The molecule has 0 aliphatic carbocycles. The first kappa shape index (κ1) is 18.7. The number of methoxy groups -OCH3 is 1. The first-order valence-electron chi connectivity index (χ1n) is 8.98. The van der Waals surface area contributed by atoms with Crippen LogP contribution in [0.15, 0.2) is 42.5 Å². The average molecular weight is 373 g/mol. The summed E-state index contributed by atoms with van der Waals surface area (Å²) in [4.78, 5) is 15.0. The van der Waals surface area contributed by atoms with Crippen LogP contribution in [-0.2, 0) is 11.3 Å². The number of nitrogens with zero attached hydrogens (tertiary/aromatic N) is 1. The number of carbonyl (C=O) groups is 1. The van der Waals surface area contributed by atoms with E-state index in [1.807, 2.05) is 43.3 Å². The van der Waals surface area contributed by atoms with E-state index in [2.05, 4.69) is 16.3 Å². The maximum Gasteiger partial charge on any atom is 0.227 e. The van der Waals surface area contributed by atoms with Gasteiger partial charge in [0, 0.05) is 17.5 Å². The lowest BCUT2D eigenvalue weighted by Crippen LogP contribution is -2.37. The number of ether oxygens (including phenoxy) is 1. The molecule has 1 heterocycles. The quantitative estimate of drug-likeness (QED) is 0.839. The van der Waals surface area contributed by atoms with E-state index in [9.17, 15) is 4.79 Å². The van der Waals surface area contributed by atoms with Gasteiger partial charge < -0.3 is 10.1 Å². The molecule has 0 bridgehead atoms. The summed E-state index contributed by atoms with van der Waals surface area (Å²) in [5.74, 6) is 0.800. The molecular weight excluding hydrogens is 348 g/mol. The number of aryl methyl sites for hydroxylation is 1. The van der Waals surface area contributed by atoms with Gasteiger partial charge >= 0.3 is 0 Å². The molecule has 2 aromatic carbocycles. The number of amides is 1. The Hall–Kier alpha value is -2.04. The minimum absolute atomic E-state index is 0.0303. The summed E-state index contributed by atoms with van der Waals surface area (Å²) >= 11 is 6.25. The number of rotatable bonds is 5. The molecule has 1 N–H and O–H groups in total. The second-order valence-electron chi connectivity index (χ2n) is 6.83. The number of hydrogen-bond acceptors (Lipinski definition) is 3. The van der Waals surface area contributed by atoms with E-state index in [1.54, 1.807) is 7.11 Å². The molecule has 1 amide bonds. The van der Waals surface area contributed by atoms with Gasteiger partial charge in [-0.25, -0.2) is 0 Å². The van der Waals surface area contributed by atoms with Gasteiger partial charge in [0.2, 0.25) is 5.91 Å². The number of hydrogen-bond donors (Lipinski definition) is 1. The maximum atomic E-state index is 12.7. The van der Waals surface area contributed by atoms with Crippen LogP contribution >= 0.6 is 11.6 Å². The lowest BCUT2D eigenvalue weighted by molar-refractivity contribution is -0.121. The van der Waals surface area contributed by atoms with Gasteiger partial charge in [0.05, 0.1) is 12.8 Å². The van der Waals surface area contributed by atoms with Crippen molar-refractivity contribution in [1.82, 2.24) is 4.90 Å². The fraction of sp³-hybridized carbons (Fsp3) is 0.381. The topological polar surface area (TPSA) is 41.6 Å². The van der Waals surface area contributed by atoms with Crippen LogP contribution in [0.5, 0.6) is 5.75 Å². The molecule has 3 rings (SSSR count). The van der Waals surface area contributed by atoms with Crippen LogP contribution in [0, 0.1) is 12.8 Å². The zero-order chi connectivity index (χ0) is 18.5. The number of carbonyl (C=O) groups excluding carboxylic acids is 1. The van der Waals surface area contributed by atoms with Crippen LogP contribution in [0.1, 0.15) is 24.0 Å². The molecule has 1 aliphatic rings. The molecule has 0 saturated carbocycles. The molecule has 1 fully saturated rings. The van der Waals surface area contributed by atoms with Crippen LogP contribution < -0.4 is 10.1 Å².